The van der Waals surface area contributed by atoms with Gasteiger partial charge >= 0.3 is 5.97 Å². The lowest BCUT2D eigenvalue weighted by atomic mass is 10.0. The van der Waals surface area contributed by atoms with E-state index in [9.17, 15) is 9.90 Å². The summed E-state index contributed by atoms with van der Waals surface area (Å²) in [7, 11) is 0. The topological polar surface area (TPSA) is 86.9 Å². The van der Waals surface area contributed by atoms with Crippen molar-refractivity contribution < 1.29 is 9.90 Å². The van der Waals surface area contributed by atoms with Gasteiger partial charge in [-0.05, 0) is 24.3 Å². The SMILES string of the molecule is N#CCc1nc(-c2ccc(Cl)cc2)c(-c2ccc(Cl)cc2)nc1C(=O)O. The Morgan fingerprint density at radius 1 is 0.923 bits per heavy atom. The third-order valence-electron chi connectivity index (χ3n) is 3.65. The molecule has 0 saturated heterocycles. The lowest BCUT2D eigenvalue weighted by molar-refractivity contribution is 0.0689. The molecule has 3 rings (SSSR count). The van der Waals surface area contributed by atoms with Crippen molar-refractivity contribution in [2.75, 3.05) is 0 Å². The molecule has 0 spiro atoms. The van der Waals surface area contributed by atoms with E-state index in [4.69, 9.17) is 28.5 Å². The van der Waals surface area contributed by atoms with Crippen LogP contribution in [0.3, 0.4) is 0 Å². The summed E-state index contributed by atoms with van der Waals surface area (Å²) in [5.74, 6) is -1.24. The second-order valence-corrected chi connectivity index (χ2v) is 6.24. The Morgan fingerprint density at radius 2 is 1.38 bits per heavy atom. The summed E-state index contributed by atoms with van der Waals surface area (Å²) in [4.78, 5) is 20.3. The normalized spacial score (nSPS) is 10.3. The van der Waals surface area contributed by atoms with Crippen LogP contribution in [0, 0.1) is 11.3 Å². The van der Waals surface area contributed by atoms with Crippen molar-refractivity contribution in [2.45, 2.75) is 6.42 Å². The van der Waals surface area contributed by atoms with E-state index in [1.807, 2.05) is 6.07 Å². The molecular formula is C19H11Cl2N3O2. The van der Waals surface area contributed by atoms with Crippen LogP contribution >= 0.6 is 23.2 Å². The van der Waals surface area contributed by atoms with Gasteiger partial charge in [-0.15, -0.1) is 0 Å². The molecule has 2 aromatic carbocycles. The van der Waals surface area contributed by atoms with Crippen LogP contribution in [0.5, 0.6) is 0 Å². The second-order valence-electron chi connectivity index (χ2n) is 5.37. The van der Waals surface area contributed by atoms with E-state index in [-0.39, 0.29) is 17.8 Å². The Morgan fingerprint density at radius 3 is 1.81 bits per heavy atom. The van der Waals surface area contributed by atoms with Crippen LogP contribution in [0.2, 0.25) is 10.0 Å². The quantitative estimate of drug-likeness (QED) is 0.693. The number of hydrogen-bond acceptors (Lipinski definition) is 4. The maximum Gasteiger partial charge on any atom is 0.356 e. The number of carboxylic acid groups (broad SMARTS) is 1. The summed E-state index contributed by atoms with van der Waals surface area (Å²) in [5, 5.41) is 19.6. The first-order chi connectivity index (χ1) is 12.5. The highest BCUT2D eigenvalue weighted by Crippen LogP contribution is 2.31. The van der Waals surface area contributed by atoms with E-state index < -0.39 is 5.97 Å². The fourth-order valence-corrected chi connectivity index (χ4v) is 2.71. The second kappa shape index (κ2) is 7.52. The minimum absolute atomic E-state index is 0.114. The van der Waals surface area contributed by atoms with Gasteiger partial charge in [-0.25, -0.2) is 14.8 Å². The smallest absolute Gasteiger partial charge is 0.356 e. The van der Waals surface area contributed by atoms with Crippen molar-refractivity contribution in [3.63, 3.8) is 0 Å². The van der Waals surface area contributed by atoms with E-state index in [1.54, 1.807) is 48.5 Å². The van der Waals surface area contributed by atoms with Crippen LogP contribution in [0.4, 0.5) is 0 Å². The minimum Gasteiger partial charge on any atom is -0.476 e. The molecule has 0 bridgehead atoms. The van der Waals surface area contributed by atoms with E-state index >= 15 is 0 Å². The van der Waals surface area contributed by atoms with Crippen LogP contribution in [0.15, 0.2) is 48.5 Å². The molecule has 26 heavy (non-hydrogen) atoms. The number of carboxylic acids is 1. The van der Waals surface area contributed by atoms with Gasteiger partial charge in [0, 0.05) is 21.2 Å². The van der Waals surface area contributed by atoms with Crippen LogP contribution in [-0.2, 0) is 6.42 Å². The Labute approximate surface area is 159 Å². The highest BCUT2D eigenvalue weighted by molar-refractivity contribution is 6.31. The Kier molecular flexibility index (Phi) is 5.17. The maximum atomic E-state index is 11.6. The van der Waals surface area contributed by atoms with Gasteiger partial charge < -0.3 is 5.11 Å². The average molecular weight is 384 g/mol. The Bertz CT molecular complexity index is 1010. The summed E-state index contributed by atoms with van der Waals surface area (Å²) in [6, 6.07) is 15.7. The number of hydrogen-bond donors (Lipinski definition) is 1. The molecule has 0 fully saturated rings. The van der Waals surface area contributed by atoms with Crippen molar-refractivity contribution in [2.24, 2.45) is 0 Å². The molecule has 0 aliphatic carbocycles. The summed E-state index contributed by atoms with van der Waals surface area (Å²) < 4.78 is 0. The summed E-state index contributed by atoms with van der Waals surface area (Å²) >= 11 is 11.9. The first kappa shape index (κ1) is 17.9. The van der Waals surface area contributed by atoms with Crippen molar-refractivity contribution >= 4 is 29.2 Å². The number of nitriles is 1. The lowest BCUT2D eigenvalue weighted by Gasteiger charge is -2.12. The van der Waals surface area contributed by atoms with Crippen LogP contribution in [0.1, 0.15) is 16.2 Å². The lowest BCUT2D eigenvalue weighted by Crippen LogP contribution is -2.10. The fraction of sp³-hybridized carbons (Fsp3) is 0.0526. The molecule has 0 saturated carbocycles. The zero-order valence-electron chi connectivity index (χ0n) is 13.3. The number of aromatic nitrogens is 2. The number of nitrogens with zero attached hydrogens (tertiary/aromatic N) is 3. The zero-order valence-corrected chi connectivity index (χ0v) is 14.8. The van der Waals surface area contributed by atoms with Gasteiger partial charge in [0.05, 0.1) is 29.6 Å². The highest BCUT2D eigenvalue weighted by Gasteiger charge is 2.20. The number of aromatic carboxylic acids is 1. The Hall–Kier alpha value is -2.94. The average Bonchev–Trinajstić information content (AvgIpc) is 2.63. The molecule has 0 aliphatic heterocycles. The van der Waals surface area contributed by atoms with Crippen LogP contribution in [-0.4, -0.2) is 21.0 Å². The van der Waals surface area contributed by atoms with Gasteiger partial charge in [0.25, 0.3) is 0 Å². The molecular weight excluding hydrogens is 373 g/mol. The number of halogens is 2. The molecule has 1 N–H and O–H groups in total. The molecule has 0 radical (unpaired) electrons. The first-order valence-corrected chi connectivity index (χ1v) is 8.28. The Balaban J connectivity index is 2.30. The summed E-state index contributed by atoms with van der Waals surface area (Å²) in [5.41, 5.74) is 2.11. The molecule has 128 valence electrons. The molecule has 1 aromatic heterocycles. The zero-order chi connectivity index (χ0) is 18.7. The summed E-state index contributed by atoms with van der Waals surface area (Å²) in [6.07, 6.45) is -0.157. The maximum absolute atomic E-state index is 11.6. The van der Waals surface area contributed by atoms with E-state index in [2.05, 4.69) is 9.97 Å². The van der Waals surface area contributed by atoms with Gasteiger partial charge in [0.2, 0.25) is 0 Å². The van der Waals surface area contributed by atoms with Gasteiger partial charge in [-0.1, -0.05) is 47.5 Å². The third-order valence-corrected chi connectivity index (χ3v) is 4.16. The molecule has 1 heterocycles. The highest BCUT2D eigenvalue weighted by atomic mass is 35.5. The van der Waals surface area contributed by atoms with Crippen LogP contribution < -0.4 is 0 Å². The third kappa shape index (κ3) is 3.67. The largest absolute Gasteiger partial charge is 0.476 e. The van der Waals surface area contributed by atoms with Crippen molar-refractivity contribution in [1.29, 1.82) is 5.26 Å². The first-order valence-electron chi connectivity index (χ1n) is 7.52. The monoisotopic (exact) mass is 383 g/mol. The molecule has 0 unspecified atom stereocenters. The van der Waals surface area contributed by atoms with Gasteiger partial charge in [-0.3, -0.25) is 0 Å². The molecule has 3 aromatic rings. The van der Waals surface area contributed by atoms with Crippen molar-refractivity contribution in [3.8, 4) is 28.6 Å². The standard InChI is InChI=1S/C19H11Cl2N3O2/c20-13-5-1-11(2-6-13)16-17(12-3-7-14(21)8-4-12)24-18(19(25)26)15(23-16)9-10-22/h1-8H,9H2,(H,25,26). The van der Waals surface area contributed by atoms with E-state index in [0.29, 0.717) is 32.6 Å². The molecule has 7 heteroatoms. The summed E-state index contributed by atoms with van der Waals surface area (Å²) in [6.45, 7) is 0. The number of carbonyl (C=O) groups is 1. The number of benzene rings is 2. The van der Waals surface area contributed by atoms with Crippen LogP contribution in [0.25, 0.3) is 22.5 Å². The van der Waals surface area contributed by atoms with Crippen molar-refractivity contribution in [1.82, 2.24) is 9.97 Å². The predicted octanol–water partition coefficient (Wildman–Crippen LogP) is 4.88. The van der Waals surface area contributed by atoms with Gasteiger partial charge in [0.15, 0.2) is 5.69 Å². The molecule has 0 aliphatic rings. The molecule has 0 atom stereocenters. The van der Waals surface area contributed by atoms with E-state index in [1.165, 1.54) is 0 Å². The fourth-order valence-electron chi connectivity index (χ4n) is 2.46. The van der Waals surface area contributed by atoms with Gasteiger partial charge in [-0.2, -0.15) is 5.26 Å². The van der Waals surface area contributed by atoms with E-state index in [0.717, 1.165) is 0 Å². The van der Waals surface area contributed by atoms with Gasteiger partial charge in [0.1, 0.15) is 0 Å². The molecule has 0 amide bonds. The minimum atomic E-state index is -1.24. The van der Waals surface area contributed by atoms with Crippen molar-refractivity contribution in [3.05, 3.63) is 70.0 Å². The molecule has 5 nitrogen and oxygen atoms in total. The predicted molar refractivity (Wildman–Crippen MR) is 99.2 cm³/mol. The number of rotatable bonds is 4.